The van der Waals surface area contributed by atoms with Crippen LogP contribution in [-0.2, 0) is 15.8 Å². The zero-order valence-corrected chi connectivity index (χ0v) is 16.5. The molecule has 156 valence electrons. The molecule has 1 fully saturated rings. The number of likely N-dealkylation sites (N-methyl/N-ethyl adjacent to an activating group) is 1. The summed E-state index contributed by atoms with van der Waals surface area (Å²) >= 11 is 0. The second kappa shape index (κ2) is 9.41. The van der Waals surface area contributed by atoms with Crippen molar-refractivity contribution in [1.29, 1.82) is 0 Å². The molecule has 1 aromatic rings. The summed E-state index contributed by atoms with van der Waals surface area (Å²) in [5.74, 6) is -0.285. The Hall–Kier alpha value is -2.09. The van der Waals surface area contributed by atoms with E-state index in [1.807, 2.05) is 0 Å². The van der Waals surface area contributed by atoms with Crippen molar-refractivity contribution in [2.24, 2.45) is 5.92 Å². The predicted octanol–water partition coefficient (Wildman–Crippen LogP) is 2.24. The fraction of sp³-hybridized carbons (Fsp3) is 0.600. The number of amides is 2. The number of carbonyl (C=O) groups excluding carboxylic acids is 2. The van der Waals surface area contributed by atoms with Crippen molar-refractivity contribution in [3.63, 3.8) is 0 Å². The third-order valence-electron chi connectivity index (χ3n) is 5.52. The first-order valence-electron chi connectivity index (χ1n) is 9.68. The molecule has 2 rings (SSSR count). The van der Waals surface area contributed by atoms with E-state index in [0.29, 0.717) is 10.8 Å². The van der Waals surface area contributed by atoms with Gasteiger partial charge in [0.25, 0.3) is 11.8 Å². The van der Waals surface area contributed by atoms with Gasteiger partial charge in [-0.3, -0.25) is 9.59 Å². The zero-order chi connectivity index (χ0) is 20.9. The van der Waals surface area contributed by atoms with Gasteiger partial charge in [-0.25, -0.2) is 0 Å². The van der Waals surface area contributed by atoms with Gasteiger partial charge in [0.15, 0.2) is 12.6 Å². The third kappa shape index (κ3) is 5.95. The standard InChI is InChI=1S/C20H28F3N3O2/c1-13-8-4-6-10-16(13)25-19(28)14(2)26(3)12-18(27)24-17-11-7-5-9-15(17)20(21,22)23/h5,7,9,11,13-14,16H,4,6,8,10,12H2,1-3H3,(H,24,27)(H,25,28)/p+1/t13-,14-,16-/m1/s1. The highest BCUT2D eigenvalue weighted by Gasteiger charge is 2.34. The van der Waals surface area contributed by atoms with Gasteiger partial charge in [0.1, 0.15) is 0 Å². The van der Waals surface area contributed by atoms with Gasteiger partial charge in [0, 0.05) is 6.04 Å². The molecule has 1 aliphatic rings. The van der Waals surface area contributed by atoms with Crippen LogP contribution in [0, 0.1) is 5.92 Å². The molecule has 28 heavy (non-hydrogen) atoms. The van der Waals surface area contributed by atoms with Crippen LogP contribution in [-0.4, -0.2) is 37.5 Å². The highest BCUT2D eigenvalue weighted by atomic mass is 19.4. The molecule has 0 bridgehead atoms. The predicted molar refractivity (Wildman–Crippen MR) is 101 cm³/mol. The summed E-state index contributed by atoms with van der Waals surface area (Å²) < 4.78 is 39.1. The number of halogens is 3. The summed E-state index contributed by atoms with van der Waals surface area (Å²) in [6, 6.07) is 4.50. The van der Waals surface area contributed by atoms with E-state index in [9.17, 15) is 22.8 Å². The van der Waals surface area contributed by atoms with Crippen molar-refractivity contribution in [1.82, 2.24) is 5.32 Å². The first-order valence-corrected chi connectivity index (χ1v) is 9.68. The molecule has 0 heterocycles. The Morgan fingerprint density at radius 3 is 2.50 bits per heavy atom. The maximum Gasteiger partial charge on any atom is 0.418 e. The molecule has 0 saturated heterocycles. The second-order valence-electron chi connectivity index (χ2n) is 7.71. The smallest absolute Gasteiger partial charge is 0.348 e. The fourth-order valence-corrected chi connectivity index (χ4v) is 3.50. The summed E-state index contributed by atoms with van der Waals surface area (Å²) in [6.07, 6.45) is -0.246. The van der Waals surface area contributed by atoms with Crippen LogP contribution in [0.3, 0.4) is 0 Å². The van der Waals surface area contributed by atoms with Gasteiger partial charge in [0.2, 0.25) is 0 Å². The molecule has 0 radical (unpaired) electrons. The molecule has 1 aliphatic carbocycles. The number of rotatable bonds is 6. The van der Waals surface area contributed by atoms with Crippen LogP contribution in [0.15, 0.2) is 24.3 Å². The zero-order valence-electron chi connectivity index (χ0n) is 16.5. The van der Waals surface area contributed by atoms with Gasteiger partial charge in [-0.15, -0.1) is 0 Å². The summed E-state index contributed by atoms with van der Waals surface area (Å²) in [5, 5.41) is 5.38. The van der Waals surface area contributed by atoms with Gasteiger partial charge in [-0.05, 0) is 37.8 Å². The largest absolute Gasteiger partial charge is 0.418 e. The van der Waals surface area contributed by atoms with Crippen molar-refractivity contribution in [3.05, 3.63) is 29.8 Å². The minimum Gasteiger partial charge on any atom is -0.348 e. The van der Waals surface area contributed by atoms with Crippen molar-refractivity contribution >= 4 is 17.5 Å². The molecule has 8 heteroatoms. The Labute approximate surface area is 163 Å². The number of hydrogen-bond donors (Lipinski definition) is 3. The lowest BCUT2D eigenvalue weighted by atomic mass is 9.86. The molecule has 3 N–H and O–H groups in total. The lowest BCUT2D eigenvalue weighted by Gasteiger charge is -2.31. The molecule has 1 aromatic carbocycles. The summed E-state index contributed by atoms with van der Waals surface area (Å²) in [7, 11) is 1.68. The topological polar surface area (TPSA) is 62.6 Å². The molecule has 0 aliphatic heterocycles. The van der Waals surface area contributed by atoms with Gasteiger partial charge in [-0.2, -0.15) is 13.2 Å². The highest BCUT2D eigenvalue weighted by Crippen LogP contribution is 2.34. The summed E-state index contributed by atoms with van der Waals surface area (Å²) in [5.41, 5.74) is -1.17. The Balaban J connectivity index is 1.92. The van der Waals surface area contributed by atoms with Crippen LogP contribution in [0.25, 0.3) is 0 Å². The van der Waals surface area contributed by atoms with E-state index in [2.05, 4.69) is 17.6 Å². The van der Waals surface area contributed by atoms with Gasteiger partial charge >= 0.3 is 6.18 Å². The van der Waals surface area contributed by atoms with Crippen LogP contribution < -0.4 is 15.5 Å². The van der Waals surface area contributed by atoms with Gasteiger partial charge in [-0.1, -0.05) is 31.9 Å². The van der Waals surface area contributed by atoms with E-state index in [-0.39, 0.29) is 24.2 Å². The fourth-order valence-electron chi connectivity index (χ4n) is 3.50. The van der Waals surface area contributed by atoms with Crippen molar-refractivity contribution < 1.29 is 27.7 Å². The number of alkyl halides is 3. The normalized spacial score (nSPS) is 22.2. The van der Waals surface area contributed by atoms with Crippen LogP contribution in [0.5, 0.6) is 0 Å². The molecule has 4 atom stereocenters. The number of anilines is 1. The SMILES string of the molecule is C[C@@H]1CCCC[C@H]1NC(=O)[C@@H](C)[NH+](C)CC(=O)Nc1ccccc1C(F)(F)F. The quantitative estimate of drug-likeness (QED) is 0.686. The Morgan fingerprint density at radius 2 is 1.86 bits per heavy atom. The number of para-hydroxylation sites is 1. The molecule has 1 unspecified atom stereocenters. The van der Waals surface area contributed by atoms with Crippen molar-refractivity contribution in [2.75, 3.05) is 18.9 Å². The minimum atomic E-state index is -4.55. The maximum atomic E-state index is 13.0. The average molecular weight is 400 g/mol. The number of carbonyl (C=O) groups is 2. The number of benzene rings is 1. The summed E-state index contributed by atoms with van der Waals surface area (Å²) in [4.78, 5) is 25.4. The van der Waals surface area contributed by atoms with Crippen LogP contribution in [0.1, 0.15) is 45.1 Å². The molecule has 1 saturated carbocycles. The molecule has 5 nitrogen and oxygen atoms in total. The van der Waals surface area contributed by atoms with Crippen LogP contribution >= 0.6 is 0 Å². The maximum absolute atomic E-state index is 13.0. The Morgan fingerprint density at radius 1 is 1.21 bits per heavy atom. The Kier molecular flexibility index (Phi) is 7.46. The number of nitrogens with one attached hydrogen (secondary N) is 3. The first-order chi connectivity index (χ1) is 13.1. The lowest BCUT2D eigenvalue weighted by molar-refractivity contribution is -0.885. The monoisotopic (exact) mass is 400 g/mol. The molecule has 0 aromatic heterocycles. The summed E-state index contributed by atoms with van der Waals surface area (Å²) in [6.45, 7) is 3.73. The van der Waals surface area contributed by atoms with Gasteiger partial charge in [0.05, 0.1) is 18.3 Å². The van der Waals surface area contributed by atoms with Crippen LogP contribution in [0.2, 0.25) is 0 Å². The van der Waals surface area contributed by atoms with Gasteiger partial charge < -0.3 is 15.5 Å². The third-order valence-corrected chi connectivity index (χ3v) is 5.52. The average Bonchev–Trinajstić information content (AvgIpc) is 2.62. The minimum absolute atomic E-state index is 0.110. The van der Waals surface area contributed by atoms with E-state index in [1.165, 1.54) is 24.6 Å². The van der Waals surface area contributed by atoms with E-state index >= 15 is 0 Å². The van der Waals surface area contributed by atoms with E-state index in [0.717, 1.165) is 25.3 Å². The molecule has 2 amide bonds. The lowest BCUT2D eigenvalue weighted by Crippen LogP contribution is -3.15. The molecule has 0 spiro atoms. The van der Waals surface area contributed by atoms with E-state index in [1.54, 1.807) is 14.0 Å². The number of quaternary nitrogens is 1. The van der Waals surface area contributed by atoms with E-state index < -0.39 is 23.7 Å². The highest BCUT2D eigenvalue weighted by molar-refractivity contribution is 5.92. The second-order valence-corrected chi connectivity index (χ2v) is 7.71. The van der Waals surface area contributed by atoms with Crippen LogP contribution in [0.4, 0.5) is 18.9 Å². The first kappa shape index (κ1) is 22.2. The Bertz CT molecular complexity index is 694. The van der Waals surface area contributed by atoms with Crippen molar-refractivity contribution in [2.45, 2.75) is 57.8 Å². The van der Waals surface area contributed by atoms with E-state index in [4.69, 9.17) is 0 Å². The number of hydrogen-bond acceptors (Lipinski definition) is 2. The molecular weight excluding hydrogens is 371 g/mol. The molecular formula is C20H29F3N3O2+. The van der Waals surface area contributed by atoms with Crippen molar-refractivity contribution in [3.8, 4) is 0 Å².